The molecule has 0 bridgehead atoms. The molecule has 11 heteroatoms. The van der Waals surface area contributed by atoms with Gasteiger partial charge in [-0.25, -0.2) is 13.5 Å². The van der Waals surface area contributed by atoms with Crippen LogP contribution in [-0.4, -0.2) is 61.3 Å². The Labute approximate surface area is 240 Å². The standard InChI is InChI=1S/C30H28F2N4O4S/c1-39-15-14-33-25(37)17-35-26(38)18-41-29(23-13-8-20(31)16-24(23)32)27-28(19-6-4-3-5-7-19)34-36(30(27)35)21-9-11-22(40-2)12-10-21/h3-13,16,29H,14-15,17-18H2,1-2H3,(H,33,37)/t29-/m0/s1. The third-order valence-electron chi connectivity index (χ3n) is 6.63. The van der Waals surface area contributed by atoms with Gasteiger partial charge in [0.25, 0.3) is 0 Å². The van der Waals surface area contributed by atoms with Gasteiger partial charge in [0, 0.05) is 36.4 Å². The van der Waals surface area contributed by atoms with Crippen molar-refractivity contribution in [2.75, 3.05) is 44.6 Å². The average molecular weight is 579 g/mol. The number of methoxy groups -OCH3 is 2. The monoisotopic (exact) mass is 578 g/mol. The van der Waals surface area contributed by atoms with Gasteiger partial charge in [0.2, 0.25) is 11.8 Å². The molecular weight excluding hydrogens is 550 g/mol. The summed E-state index contributed by atoms with van der Waals surface area (Å²) in [7, 11) is 3.09. The molecule has 0 saturated heterocycles. The Hall–Kier alpha value is -4.22. The molecule has 1 aliphatic heterocycles. The van der Waals surface area contributed by atoms with E-state index >= 15 is 4.39 Å². The fourth-order valence-electron chi connectivity index (χ4n) is 4.68. The number of ether oxygens (including phenoxy) is 2. The molecule has 0 radical (unpaired) electrons. The minimum Gasteiger partial charge on any atom is -0.497 e. The van der Waals surface area contributed by atoms with Crippen molar-refractivity contribution >= 4 is 29.4 Å². The van der Waals surface area contributed by atoms with Crippen LogP contribution in [0.2, 0.25) is 0 Å². The molecule has 0 aliphatic carbocycles. The lowest BCUT2D eigenvalue weighted by Gasteiger charge is -2.23. The third-order valence-corrected chi connectivity index (χ3v) is 7.86. The minimum atomic E-state index is -0.733. The van der Waals surface area contributed by atoms with Crippen LogP contribution >= 0.6 is 11.8 Å². The summed E-state index contributed by atoms with van der Waals surface area (Å²) in [6.45, 7) is 0.300. The third kappa shape index (κ3) is 5.96. The van der Waals surface area contributed by atoms with Crippen LogP contribution in [0.5, 0.6) is 5.75 Å². The van der Waals surface area contributed by atoms with Crippen LogP contribution in [0.3, 0.4) is 0 Å². The number of aromatic nitrogens is 2. The largest absolute Gasteiger partial charge is 0.497 e. The quantitative estimate of drug-likeness (QED) is 0.289. The number of anilines is 1. The Morgan fingerprint density at radius 3 is 2.51 bits per heavy atom. The maximum atomic E-state index is 15.3. The molecule has 4 aromatic rings. The number of thioether (sulfide) groups is 1. The second-order valence-electron chi connectivity index (χ2n) is 9.24. The van der Waals surface area contributed by atoms with Crippen molar-refractivity contribution < 1.29 is 27.8 Å². The molecule has 1 aliphatic rings. The van der Waals surface area contributed by atoms with E-state index in [4.69, 9.17) is 14.6 Å². The molecular formula is C30H28F2N4O4S. The highest BCUT2D eigenvalue weighted by atomic mass is 32.2. The van der Waals surface area contributed by atoms with Gasteiger partial charge >= 0.3 is 0 Å². The lowest BCUT2D eigenvalue weighted by atomic mass is 9.99. The number of carbonyl (C=O) groups excluding carboxylic acids is 2. The molecule has 5 rings (SSSR count). The molecule has 41 heavy (non-hydrogen) atoms. The van der Waals surface area contributed by atoms with Crippen molar-refractivity contribution in [1.82, 2.24) is 15.1 Å². The Bertz CT molecular complexity index is 1550. The SMILES string of the molecule is COCCNC(=O)CN1C(=O)CS[C@@H](c2ccc(F)cc2F)c2c(-c3ccccc3)nn(-c3ccc(OC)cc3)c21. The van der Waals surface area contributed by atoms with E-state index in [9.17, 15) is 14.0 Å². The first kappa shape index (κ1) is 28.3. The number of carbonyl (C=O) groups is 2. The summed E-state index contributed by atoms with van der Waals surface area (Å²) in [6, 6.07) is 19.8. The number of benzene rings is 3. The minimum absolute atomic E-state index is 0.0433. The first-order valence-electron chi connectivity index (χ1n) is 12.9. The maximum absolute atomic E-state index is 15.3. The zero-order valence-corrected chi connectivity index (χ0v) is 23.3. The van der Waals surface area contributed by atoms with Gasteiger partial charge in [-0.1, -0.05) is 36.4 Å². The van der Waals surface area contributed by atoms with Crippen molar-refractivity contribution in [3.8, 4) is 22.7 Å². The number of fused-ring (bicyclic) bond motifs is 1. The van der Waals surface area contributed by atoms with Crippen LogP contribution in [0.4, 0.5) is 14.6 Å². The van der Waals surface area contributed by atoms with E-state index in [2.05, 4.69) is 5.32 Å². The lowest BCUT2D eigenvalue weighted by molar-refractivity contribution is -0.123. The fraction of sp³-hybridized carbons (Fsp3) is 0.233. The van der Waals surface area contributed by atoms with E-state index in [0.717, 1.165) is 11.6 Å². The number of nitrogens with one attached hydrogen (secondary N) is 1. The predicted octanol–water partition coefficient (Wildman–Crippen LogP) is 4.76. The van der Waals surface area contributed by atoms with E-state index < -0.39 is 16.9 Å². The molecule has 1 atom stereocenters. The summed E-state index contributed by atoms with van der Waals surface area (Å²) in [6.07, 6.45) is 0. The summed E-state index contributed by atoms with van der Waals surface area (Å²) < 4.78 is 41.2. The van der Waals surface area contributed by atoms with Crippen LogP contribution in [-0.2, 0) is 14.3 Å². The fourth-order valence-corrected chi connectivity index (χ4v) is 5.90. The summed E-state index contributed by atoms with van der Waals surface area (Å²) in [4.78, 5) is 28.0. The molecule has 0 saturated carbocycles. The normalized spacial score (nSPS) is 14.9. The Kier molecular flexibility index (Phi) is 8.65. The van der Waals surface area contributed by atoms with Crippen molar-refractivity contribution in [2.24, 2.45) is 0 Å². The Balaban J connectivity index is 1.76. The Morgan fingerprint density at radius 2 is 1.83 bits per heavy atom. The lowest BCUT2D eigenvalue weighted by Crippen LogP contribution is -2.43. The summed E-state index contributed by atoms with van der Waals surface area (Å²) in [5, 5.41) is 6.98. The van der Waals surface area contributed by atoms with Gasteiger partial charge in [0.1, 0.15) is 29.7 Å². The van der Waals surface area contributed by atoms with Gasteiger partial charge < -0.3 is 14.8 Å². The number of amides is 2. The number of halogens is 2. The maximum Gasteiger partial charge on any atom is 0.240 e. The van der Waals surface area contributed by atoms with Gasteiger partial charge in [-0.15, -0.1) is 11.8 Å². The highest BCUT2D eigenvalue weighted by Gasteiger charge is 2.38. The van der Waals surface area contributed by atoms with Gasteiger partial charge in [-0.3, -0.25) is 14.5 Å². The highest BCUT2D eigenvalue weighted by Crippen LogP contribution is 2.49. The van der Waals surface area contributed by atoms with E-state index in [0.29, 0.717) is 35.1 Å². The molecule has 0 fully saturated rings. The van der Waals surface area contributed by atoms with Crippen LogP contribution in [0.15, 0.2) is 72.8 Å². The topological polar surface area (TPSA) is 85.7 Å². The smallest absolute Gasteiger partial charge is 0.240 e. The van der Waals surface area contributed by atoms with Gasteiger partial charge in [0.05, 0.1) is 36.1 Å². The predicted molar refractivity (Wildman–Crippen MR) is 153 cm³/mol. The number of nitrogens with zero attached hydrogens (tertiary/aromatic N) is 3. The van der Waals surface area contributed by atoms with Gasteiger partial charge in [0.15, 0.2) is 0 Å². The van der Waals surface area contributed by atoms with Crippen LogP contribution in [0, 0.1) is 11.6 Å². The van der Waals surface area contributed by atoms with Crippen molar-refractivity contribution in [2.45, 2.75) is 5.25 Å². The molecule has 3 aromatic carbocycles. The molecule has 0 spiro atoms. The summed E-state index contributed by atoms with van der Waals surface area (Å²) >= 11 is 1.20. The van der Waals surface area contributed by atoms with Gasteiger partial charge in [-0.2, -0.15) is 5.10 Å². The average Bonchev–Trinajstić information content (AvgIpc) is 3.31. The zero-order chi connectivity index (χ0) is 28.9. The molecule has 0 unspecified atom stereocenters. The molecule has 2 heterocycles. The molecule has 8 nitrogen and oxygen atoms in total. The van der Waals surface area contributed by atoms with Crippen molar-refractivity contribution in [3.63, 3.8) is 0 Å². The number of hydrogen-bond donors (Lipinski definition) is 1. The number of hydrogen-bond acceptors (Lipinski definition) is 6. The van der Waals surface area contributed by atoms with Crippen molar-refractivity contribution in [1.29, 1.82) is 0 Å². The molecule has 212 valence electrons. The van der Waals surface area contributed by atoms with Crippen molar-refractivity contribution in [3.05, 3.63) is 95.6 Å². The number of rotatable bonds is 9. The Morgan fingerprint density at radius 1 is 1.07 bits per heavy atom. The van der Waals surface area contributed by atoms with E-state index in [1.54, 1.807) is 36.1 Å². The molecule has 1 aromatic heterocycles. The first-order valence-corrected chi connectivity index (χ1v) is 13.9. The summed E-state index contributed by atoms with van der Waals surface area (Å²) in [5.41, 5.74) is 2.61. The van der Waals surface area contributed by atoms with Crippen LogP contribution in [0.25, 0.3) is 16.9 Å². The summed E-state index contributed by atoms with van der Waals surface area (Å²) in [5.74, 6) is -1.25. The van der Waals surface area contributed by atoms with E-state index in [1.165, 1.54) is 35.9 Å². The molecule has 2 amide bonds. The van der Waals surface area contributed by atoms with Gasteiger partial charge in [-0.05, 0) is 30.3 Å². The van der Waals surface area contributed by atoms with E-state index in [1.807, 2.05) is 30.3 Å². The molecule has 1 N–H and O–H groups in total. The second-order valence-corrected chi connectivity index (χ2v) is 10.3. The van der Waals surface area contributed by atoms with Crippen LogP contribution < -0.4 is 15.0 Å². The van der Waals surface area contributed by atoms with Crippen LogP contribution in [0.1, 0.15) is 16.4 Å². The highest BCUT2D eigenvalue weighted by molar-refractivity contribution is 8.00. The first-order chi connectivity index (χ1) is 19.9. The van der Waals surface area contributed by atoms with E-state index in [-0.39, 0.29) is 36.2 Å². The second kappa shape index (κ2) is 12.5. The zero-order valence-electron chi connectivity index (χ0n) is 22.5.